The number of aryl methyl sites for hydroxylation is 1. The molecule has 2 aromatic rings. The quantitative estimate of drug-likeness (QED) is 0.666. The number of carbonyl (C=O) groups excluding carboxylic acids is 1. The lowest BCUT2D eigenvalue weighted by Gasteiger charge is -2.13. The first-order valence-electron chi connectivity index (χ1n) is 7.84. The van der Waals surface area contributed by atoms with Gasteiger partial charge < -0.3 is 14.8 Å². The van der Waals surface area contributed by atoms with Gasteiger partial charge in [-0.3, -0.25) is 4.79 Å². The molecular weight excluding hydrogens is 344 g/mol. The van der Waals surface area contributed by atoms with Crippen LogP contribution in [0.4, 0.5) is 0 Å². The molecule has 0 spiro atoms. The van der Waals surface area contributed by atoms with Gasteiger partial charge in [0, 0.05) is 18.4 Å². The Balaban J connectivity index is 1.91. The molecule has 1 heterocycles. The molecule has 0 saturated heterocycles. The van der Waals surface area contributed by atoms with Crippen molar-refractivity contribution in [2.45, 2.75) is 31.7 Å². The first-order valence-corrected chi connectivity index (χ1v) is 8.21. The number of amides is 1. The third-order valence-electron chi connectivity index (χ3n) is 3.55. The Labute approximate surface area is 150 Å². The second-order valence-corrected chi connectivity index (χ2v) is 5.83. The molecule has 2 rings (SSSR count). The first kappa shape index (κ1) is 18.7. The molecule has 2 N–H and O–H groups in total. The molecule has 1 amide bonds. The molecule has 0 fully saturated rings. The molecule has 0 aliphatic heterocycles. The Morgan fingerprint density at radius 3 is 2.84 bits per heavy atom. The zero-order valence-electron chi connectivity index (χ0n) is 13.6. The van der Waals surface area contributed by atoms with Crippen molar-refractivity contribution in [1.29, 1.82) is 0 Å². The van der Waals surface area contributed by atoms with E-state index in [1.165, 1.54) is 0 Å². The second kappa shape index (κ2) is 9.03. The number of benzene rings is 1. The number of carboxylic acid groups (broad SMARTS) is 1. The Kier molecular flexibility index (Phi) is 6.77. The molecule has 1 unspecified atom stereocenters. The van der Waals surface area contributed by atoms with Gasteiger partial charge in [-0.05, 0) is 25.0 Å². The SMILES string of the molecule is C=CCCC(NC(=O)CCc1ncc(-c2ccccc2Cl)o1)C(=O)O. The number of aromatic nitrogens is 1. The third-order valence-corrected chi connectivity index (χ3v) is 3.88. The van der Waals surface area contributed by atoms with E-state index in [2.05, 4.69) is 16.9 Å². The van der Waals surface area contributed by atoms with Gasteiger partial charge in [0.25, 0.3) is 0 Å². The molecule has 0 bridgehead atoms. The number of allylic oxidation sites excluding steroid dienone is 1. The van der Waals surface area contributed by atoms with E-state index < -0.39 is 12.0 Å². The number of halogens is 1. The fourth-order valence-electron chi connectivity index (χ4n) is 2.24. The number of oxazole rings is 1. The average Bonchev–Trinajstić information content (AvgIpc) is 3.05. The smallest absolute Gasteiger partial charge is 0.326 e. The second-order valence-electron chi connectivity index (χ2n) is 5.42. The molecule has 7 heteroatoms. The summed E-state index contributed by atoms with van der Waals surface area (Å²) < 4.78 is 5.61. The molecule has 1 aromatic heterocycles. The number of carboxylic acids is 1. The van der Waals surface area contributed by atoms with E-state index in [9.17, 15) is 9.59 Å². The van der Waals surface area contributed by atoms with Gasteiger partial charge in [-0.2, -0.15) is 0 Å². The molecule has 0 aliphatic rings. The molecule has 1 aromatic carbocycles. The van der Waals surface area contributed by atoms with Crippen LogP contribution in [0.5, 0.6) is 0 Å². The van der Waals surface area contributed by atoms with Crippen LogP contribution in [0.25, 0.3) is 11.3 Å². The van der Waals surface area contributed by atoms with Gasteiger partial charge in [-0.15, -0.1) is 6.58 Å². The Morgan fingerprint density at radius 1 is 1.40 bits per heavy atom. The van der Waals surface area contributed by atoms with Crippen molar-refractivity contribution in [3.8, 4) is 11.3 Å². The molecule has 0 radical (unpaired) electrons. The Bertz CT molecular complexity index is 757. The molecule has 132 valence electrons. The topological polar surface area (TPSA) is 92.4 Å². The monoisotopic (exact) mass is 362 g/mol. The highest BCUT2D eigenvalue weighted by Gasteiger charge is 2.19. The predicted octanol–water partition coefficient (Wildman–Crippen LogP) is 3.46. The molecule has 0 aliphatic carbocycles. The molecule has 1 atom stereocenters. The molecule has 0 saturated carbocycles. The van der Waals surface area contributed by atoms with E-state index in [0.29, 0.717) is 29.5 Å². The highest BCUT2D eigenvalue weighted by molar-refractivity contribution is 6.33. The van der Waals surface area contributed by atoms with Crippen LogP contribution in [-0.2, 0) is 16.0 Å². The van der Waals surface area contributed by atoms with Crippen molar-refractivity contribution in [3.63, 3.8) is 0 Å². The lowest BCUT2D eigenvalue weighted by atomic mass is 10.1. The van der Waals surface area contributed by atoms with E-state index in [4.69, 9.17) is 21.1 Å². The molecular formula is C18H19ClN2O4. The van der Waals surface area contributed by atoms with Crippen molar-refractivity contribution in [2.75, 3.05) is 0 Å². The molecule has 25 heavy (non-hydrogen) atoms. The average molecular weight is 363 g/mol. The summed E-state index contributed by atoms with van der Waals surface area (Å²) in [5, 5.41) is 12.1. The van der Waals surface area contributed by atoms with Crippen molar-refractivity contribution in [3.05, 3.63) is 54.0 Å². The summed E-state index contributed by atoms with van der Waals surface area (Å²) >= 11 is 6.11. The zero-order chi connectivity index (χ0) is 18.2. The van der Waals surface area contributed by atoms with Crippen LogP contribution in [0, 0.1) is 0 Å². The van der Waals surface area contributed by atoms with Gasteiger partial charge in [0.2, 0.25) is 5.91 Å². The summed E-state index contributed by atoms with van der Waals surface area (Å²) in [4.78, 5) is 27.2. The van der Waals surface area contributed by atoms with Crippen LogP contribution in [-0.4, -0.2) is 28.0 Å². The van der Waals surface area contributed by atoms with Crippen LogP contribution in [0.1, 0.15) is 25.2 Å². The van der Waals surface area contributed by atoms with Crippen LogP contribution in [0.2, 0.25) is 5.02 Å². The van der Waals surface area contributed by atoms with E-state index in [1.54, 1.807) is 18.3 Å². The largest absolute Gasteiger partial charge is 0.480 e. The number of carbonyl (C=O) groups is 2. The maximum absolute atomic E-state index is 11.9. The van der Waals surface area contributed by atoms with Crippen molar-refractivity contribution in [1.82, 2.24) is 10.3 Å². The highest BCUT2D eigenvalue weighted by Crippen LogP contribution is 2.28. The lowest BCUT2D eigenvalue weighted by molar-refractivity contribution is -0.142. The van der Waals surface area contributed by atoms with Crippen molar-refractivity contribution < 1.29 is 19.1 Å². The van der Waals surface area contributed by atoms with Gasteiger partial charge in [-0.25, -0.2) is 9.78 Å². The minimum Gasteiger partial charge on any atom is -0.480 e. The van der Waals surface area contributed by atoms with Gasteiger partial charge >= 0.3 is 5.97 Å². The third kappa shape index (κ3) is 5.46. The predicted molar refractivity (Wildman–Crippen MR) is 94.3 cm³/mol. The number of aliphatic carboxylic acids is 1. The van der Waals surface area contributed by atoms with E-state index >= 15 is 0 Å². The summed E-state index contributed by atoms with van der Waals surface area (Å²) in [6, 6.07) is 6.30. The number of rotatable bonds is 9. The van der Waals surface area contributed by atoms with Crippen molar-refractivity contribution >= 4 is 23.5 Å². The summed E-state index contributed by atoms with van der Waals surface area (Å²) in [5.74, 6) is -0.514. The minimum absolute atomic E-state index is 0.0837. The Hall–Kier alpha value is -2.60. The molecule has 6 nitrogen and oxygen atoms in total. The highest BCUT2D eigenvalue weighted by atomic mass is 35.5. The normalized spacial score (nSPS) is 11.7. The summed E-state index contributed by atoms with van der Waals surface area (Å²) in [5.41, 5.74) is 0.725. The van der Waals surface area contributed by atoms with Gasteiger partial charge in [0.15, 0.2) is 11.7 Å². The van der Waals surface area contributed by atoms with Gasteiger partial charge in [0.05, 0.1) is 11.2 Å². The number of hydrogen-bond donors (Lipinski definition) is 2. The summed E-state index contributed by atoms with van der Waals surface area (Å²) in [6.07, 6.45) is 4.34. The Morgan fingerprint density at radius 2 is 2.16 bits per heavy atom. The van der Waals surface area contributed by atoms with Crippen LogP contribution in [0.3, 0.4) is 0 Å². The number of nitrogens with zero attached hydrogens (tertiary/aromatic N) is 1. The van der Waals surface area contributed by atoms with E-state index in [1.807, 2.05) is 18.2 Å². The van der Waals surface area contributed by atoms with Crippen LogP contribution >= 0.6 is 11.6 Å². The maximum Gasteiger partial charge on any atom is 0.326 e. The van der Waals surface area contributed by atoms with Gasteiger partial charge in [0.1, 0.15) is 6.04 Å². The van der Waals surface area contributed by atoms with Gasteiger partial charge in [-0.1, -0.05) is 29.8 Å². The standard InChI is InChI=1S/C18H19ClN2O4/c1-2-3-8-14(18(23)24)21-16(22)9-10-17-20-11-15(25-17)12-6-4-5-7-13(12)19/h2,4-7,11,14H,1,3,8-10H2,(H,21,22)(H,23,24). The lowest BCUT2D eigenvalue weighted by Crippen LogP contribution is -2.40. The van der Waals surface area contributed by atoms with Crippen LogP contribution in [0.15, 0.2) is 47.5 Å². The number of hydrogen-bond acceptors (Lipinski definition) is 4. The first-order chi connectivity index (χ1) is 12.0. The van der Waals surface area contributed by atoms with E-state index in [0.717, 1.165) is 5.56 Å². The fraction of sp³-hybridized carbons (Fsp3) is 0.278. The maximum atomic E-state index is 11.9. The van der Waals surface area contributed by atoms with Crippen LogP contribution < -0.4 is 5.32 Å². The summed E-state index contributed by atoms with van der Waals surface area (Å²) in [7, 11) is 0. The zero-order valence-corrected chi connectivity index (χ0v) is 14.3. The number of nitrogens with one attached hydrogen (secondary N) is 1. The van der Waals surface area contributed by atoms with Crippen molar-refractivity contribution in [2.24, 2.45) is 0 Å². The fourth-order valence-corrected chi connectivity index (χ4v) is 2.47. The van der Waals surface area contributed by atoms with E-state index in [-0.39, 0.29) is 18.7 Å². The minimum atomic E-state index is -1.06. The summed E-state index contributed by atoms with van der Waals surface area (Å²) in [6.45, 7) is 3.54.